The molecule has 0 spiro atoms. The Kier molecular flexibility index (Phi) is 4.67. The fraction of sp³-hybridized carbons (Fsp3) is 0.0417. The van der Waals surface area contributed by atoms with Crippen LogP contribution in [0.1, 0.15) is 0 Å². The number of nitro groups is 1. The number of benzene rings is 4. The number of nitrogens with zero attached hydrogens (tertiary/aromatic N) is 3. The Hall–Kier alpha value is -3.71. The van der Waals surface area contributed by atoms with Gasteiger partial charge in [-0.1, -0.05) is 36.4 Å². The Morgan fingerprint density at radius 2 is 1.65 bits per heavy atom. The molecule has 0 amide bonds. The zero-order valence-corrected chi connectivity index (χ0v) is 18.0. The number of fused-ring (bicyclic) bond motifs is 3. The first kappa shape index (κ1) is 19.3. The first-order valence-electron chi connectivity index (χ1n) is 9.56. The van der Waals surface area contributed by atoms with Crippen LogP contribution in [0.25, 0.3) is 38.9 Å². The maximum absolute atomic E-state index is 11.1. The van der Waals surface area contributed by atoms with Gasteiger partial charge in [-0.3, -0.25) is 14.7 Å². The van der Waals surface area contributed by atoms with Crippen LogP contribution in [0.2, 0.25) is 0 Å². The SMILES string of the molecule is COc1cc2nc(-c3ccc([N+](=O)[O-])cc3)n(-c3ccccc3Br)c2c2ccccc12. The summed E-state index contributed by atoms with van der Waals surface area (Å²) in [5.74, 6) is 1.44. The minimum absolute atomic E-state index is 0.0411. The smallest absolute Gasteiger partial charge is 0.269 e. The molecule has 0 saturated heterocycles. The van der Waals surface area contributed by atoms with Crippen molar-refractivity contribution in [2.75, 3.05) is 7.11 Å². The molecule has 5 aromatic rings. The molecule has 0 unspecified atom stereocenters. The monoisotopic (exact) mass is 473 g/mol. The molecule has 31 heavy (non-hydrogen) atoms. The molecule has 4 aromatic carbocycles. The lowest BCUT2D eigenvalue weighted by molar-refractivity contribution is -0.384. The third kappa shape index (κ3) is 3.14. The average Bonchev–Trinajstić information content (AvgIpc) is 3.18. The second kappa shape index (κ2) is 7.52. The molecule has 0 radical (unpaired) electrons. The third-order valence-electron chi connectivity index (χ3n) is 5.27. The van der Waals surface area contributed by atoms with Crippen LogP contribution in [0.4, 0.5) is 5.69 Å². The van der Waals surface area contributed by atoms with Crippen LogP contribution in [-0.2, 0) is 0 Å². The van der Waals surface area contributed by atoms with Gasteiger partial charge in [-0.05, 0) is 40.2 Å². The van der Waals surface area contributed by atoms with Crippen molar-refractivity contribution in [3.63, 3.8) is 0 Å². The summed E-state index contributed by atoms with van der Waals surface area (Å²) in [4.78, 5) is 15.6. The van der Waals surface area contributed by atoms with Crippen LogP contribution in [0.5, 0.6) is 5.75 Å². The first-order chi connectivity index (χ1) is 15.1. The number of aromatic nitrogens is 2. The molecule has 0 aliphatic heterocycles. The average molecular weight is 474 g/mol. The highest BCUT2D eigenvalue weighted by Gasteiger charge is 2.20. The first-order valence-corrected chi connectivity index (χ1v) is 10.4. The van der Waals surface area contributed by atoms with Crippen LogP contribution in [0.15, 0.2) is 83.3 Å². The van der Waals surface area contributed by atoms with Gasteiger partial charge in [-0.15, -0.1) is 0 Å². The lowest BCUT2D eigenvalue weighted by atomic mass is 10.1. The molecule has 0 aliphatic rings. The molecule has 6 nitrogen and oxygen atoms in total. The lowest BCUT2D eigenvalue weighted by Gasteiger charge is -2.13. The molecule has 0 aliphatic carbocycles. The normalized spacial score (nSPS) is 11.2. The molecule has 0 fully saturated rings. The van der Waals surface area contributed by atoms with Crippen LogP contribution >= 0.6 is 15.9 Å². The molecular weight excluding hydrogens is 458 g/mol. The van der Waals surface area contributed by atoms with E-state index in [9.17, 15) is 10.1 Å². The van der Waals surface area contributed by atoms with Gasteiger partial charge < -0.3 is 4.74 Å². The number of nitro benzene ring substituents is 1. The summed E-state index contributed by atoms with van der Waals surface area (Å²) in [5, 5.41) is 13.1. The maximum Gasteiger partial charge on any atom is 0.269 e. The number of halogens is 1. The molecule has 152 valence electrons. The van der Waals surface area contributed by atoms with E-state index in [0.29, 0.717) is 5.82 Å². The molecule has 7 heteroatoms. The largest absolute Gasteiger partial charge is 0.496 e. The Morgan fingerprint density at radius 3 is 2.32 bits per heavy atom. The van der Waals surface area contributed by atoms with Gasteiger partial charge in [0.05, 0.1) is 28.8 Å². The summed E-state index contributed by atoms with van der Waals surface area (Å²) < 4.78 is 8.63. The molecule has 0 bridgehead atoms. The summed E-state index contributed by atoms with van der Waals surface area (Å²) in [7, 11) is 1.65. The van der Waals surface area contributed by atoms with Crippen molar-refractivity contribution < 1.29 is 9.66 Å². The number of imidazole rings is 1. The highest BCUT2D eigenvalue weighted by molar-refractivity contribution is 9.10. The van der Waals surface area contributed by atoms with E-state index < -0.39 is 4.92 Å². The highest BCUT2D eigenvalue weighted by atomic mass is 79.9. The van der Waals surface area contributed by atoms with Crippen LogP contribution in [0.3, 0.4) is 0 Å². The zero-order valence-electron chi connectivity index (χ0n) is 16.4. The fourth-order valence-corrected chi connectivity index (χ4v) is 4.33. The summed E-state index contributed by atoms with van der Waals surface area (Å²) >= 11 is 3.67. The lowest BCUT2D eigenvalue weighted by Crippen LogP contribution is -1.99. The number of non-ortho nitro benzene ring substituents is 1. The number of methoxy groups -OCH3 is 1. The van der Waals surface area contributed by atoms with E-state index in [-0.39, 0.29) is 5.69 Å². The third-order valence-corrected chi connectivity index (χ3v) is 5.94. The molecule has 0 saturated carbocycles. The predicted octanol–water partition coefficient (Wildman–Crippen LogP) is 6.53. The van der Waals surface area contributed by atoms with Gasteiger partial charge >= 0.3 is 0 Å². The van der Waals surface area contributed by atoms with Crippen molar-refractivity contribution in [1.82, 2.24) is 9.55 Å². The van der Waals surface area contributed by atoms with Crippen molar-refractivity contribution in [1.29, 1.82) is 0 Å². The number of ether oxygens (including phenoxy) is 1. The van der Waals surface area contributed by atoms with Crippen molar-refractivity contribution >= 4 is 43.4 Å². The summed E-state index contributed by atoms with van der Waals surface area (Å²) in [6, 6.07) is 24.3. The molecule has 0 atom stereocenters. The quantitative estimate of drug-likeness (QED) is 0.220. The fourth-order valence-electron chi connectivity index (χ4n) is 3.87. The Labute approximate surface area is 186 Å². The van der Waals surface area contributed by atoms with Gasteiger partial charge in [-0.2, -0.15) is 0 Å². The van der Waals surface area contributed by atoms with E-state index >= 15 is 0 Å². The molecule has 1 heterocycles. The van der Waals surface area contributed by atoms with Crippen LogP contribution in [0, 0.1) is 10.1 Å². The number of rotatable bonds is 4. The molecule has 5 rings (SSSR count). The van der Waals surface area contributed by atoms with Crippen LogP contribution in [-0.4, -0.2) is 21.6 Å². The van der Waals surface area contributed by atoms with E-state index in [1.807, 2.05) is 48.5 Å². The van der Waals surface area contributed by atoms with E-state index in [4.69, 9.17) is 9.72 Å². The van der Waals surface area contributed by atoms with Crippen molar-refractivity contribution in [2.45, 2.75) is 0 Å². The predicted molar refractivity (Wildman–Crippen MR) is 125 cm³/mol. The van der Waals surface area contributed by atoms with Gasteiger partial charge in [-0.25, -0.2) is 4.98 Å². The minimum Gasteiger partial charge on any atom is -0.496 e. The van der Waals surface area contributed by atoms with Crippen LogP contribution < -0.4 is 4.74 Å². The standard InChI is InChI=1S/C24H16BrN3O3/c1-31-22-14-20-23(18-7-3-2-6-17(18)22)27(21-9-5-4-8-19(21)25)24(26-20)15-10-12-16(13-11-15)28(29)30/h2-14H,1H3. The number of hydrogen-bond donors (Lipinski definition) is 0. The second-order valence-corrected chi connectivity index (χ2v) is 7.87. The van der Waals surface area contributed by atoms with Gasteiger partial charge in [0.2, 0.25) is 0 Å². The zero-order chi connectivity index (χ0) is 21.5. The summed E-state index contributed by atoms with van der Waals surface area (Å²) in [6.07, 6.45) is 0. The highest BCUT2D eigenvalue weighted by Crippen LogP contribution is 2.39. The Morgan fingerprint density at radius 1 is 0.968 bits per heavy atom. The van der Waals surface area contributed by atoms with Crippen molar-refractivity contribution in [3.8, 4) is 22.8 Å². The summed E-state index contributed by atoms with van der Waals surface area (Å²) in [5.41, 5.74) is 3.46. The second-order valence-electron chi connectivity index (χ2n) is 7.02. The van der Waals surface area contributed by atoms with Gasteiger partial charge in [0, 0.05) is 39.0 Å². The number of para-hydroxylation sites is 1. The van der Waals surface area contributed by atoms with E-state index in [2.05, 4.69) is 26.6 Å². The Balaban J connectivity index is 1.91. The van der Waals surface area contributed by atoms with Gasteiger partial charge in [0.1, 0.15) is 11.6 Å². The Bertz CT molecular complexity index is 1460. The minimum atomic E-state index is -0.404. The van der Waals surface area contributed by atoms with E-state index in [1.165, 1.54) is 12.1 Å². The maximum atomic E-state index is 11.1. The molecular formula is C24H16BrN3O3. The van der Waals surface area contributed by atoms with E-state index in [0.717, 1.165) is 43.3 Å². The molecule has 1 aromatic heterocycles. The van der Waals surface area contributed by atoms with E-state index in [1.54, 1.807) is 19.2 Å². The number of hydrogen-bond acceptors (Lipinski definition) is 4. The summed E-state index contributed by atoms with van der Waals surface area (Å²) in [6.45, 7) is 0. The van der Waals surface area contributed by atoms with Gasteiger partial charge in [0.15, 0.2) is 0 Å². The molecule has 0 N–H and O–H groups in total. The van der Waals surface area contributed by atoms with Gasteiger partial charge in [0.25, 0.3) is 5.69 Å². The van der Waals surface area contributed by atoms with Crippen molar-refractivity contribution in [2.24, 2.45) is 0 Å². The topological polar surface area (TPSA) is 70.2 Å². The van der Waals surface area contributed by atoms with Crippen molar-refractivity contribution in [3.05, 3.63) is 93.4 Å².